The summed E-state index contributed by atoms with van der Waals surface area (Å²) >= 11 is 0. The van der Waals surface area contributed by atoms with E-state index in [9.17, 15) is 24.2 Å². The maximum Gasteiger partial charge on any atom is 0.472 e. The Hall–Kier alpha value is -0.990. The van der Waals surface area contributed by atoms with E-state index in [2.05, 4.69) is 12.2 Å². The summed E-state index contributed by atoms with van der Waals surface area (Å²) in [6.07, 6.45) is 29.3. The fourth-order valence-corrected chi connectivity index (χ4v) is 5.82. The molecule has 0 bridgehead atoms. The second-order valence-corrected chi connectivity index (χ2v) is 13.7. The molecule has 0 aromatic heterocycles. The van der Waals surface area contributed by atoms with Crippen LogP contribution in [-0.4, -0.2) is 54.3 Å². The third-order valence-electron chi connectivity index (χ3n) is 7.76. The van der Waals surface area contributed by atoms with Crippen LogP contribution in [0.2, 0.25) is 0 Å². The van der Waals surface area contributed by atoms with Gasteiger partial charge in [-0.1, -0.05) is 149 Å². The van der Waals surface area contributed by atoms with Crippen molar-refractivity contribution in [1.82, 2.24) is 5.32 Å². The van der Waals surface area contributed by atoms with Crippen molar-refractivity contribution in [2.45, 2.75) is 180 Å². The maximum atomic E-state index is 12.0. The minimum atomic E-state index is -4.38. The first-order chi connectivity index (χ1) is 21.3. The Balaban J connectivity index is 3.41. The quantitative estimate of drug-likeness (QED) is 0.0358. The molecule has 262 valence electrons. The number of unbranched alkanes of at least 4 members (excludes halogenated alkanes) is 21. The monoisotopic (exact) mass is 649 g/mol. The molecule has 0 radical (unpaired) electrons. The molecule has 9 nitrogen and oxygen atoms in total. The Morgan fingerprint density at radius 2 is 1.05 bits per heavy atom. The van der Waals surface area contributed by atoms with Crippen LogP contribution in [0.15, 0.2) is 0 Å². The summed E-state index contributed by atoms with van der Waals surface area (Å²) < 4.78 is 26.2. The average Bonchev–Trinajstić information content (AvgIpc) is 3.00. The minimum absolute atomic E-state index is 0.0865. The van der Waals surface area contributed by atoms with Gasteiger partial charge in [0.05, 0.1) is 13.2 Å². The molecule has 1 amide bonds. The van der Waals surface area contributed by atoms with Gasteiger partial charge in [0.1, 0.15) is 12.7 Å². The van der Waals surface area contributed by atoms with Gasteiger partial charge in [-0.05, 0) is 12.8 Å². The van der Waals surface area contributed by atoms with Crippen LogP contribution in [0.4, 0.5) is 0 Å². The Morgan fingerprint density at radius 3 is 1.48 bits per heavy atom. The first-order valence-corrected chi connectivity index (χ1v) is 19.5. The molecule has 3 N–H and O–H groups in total. The van der Waals surface area contributed by atoms with Crippen LogP contribution in [0.3, 0.4) is 0 Å². The van der Waals surface area contributed by atoms with Gasteiger partial charge in [0.15, 0.2) is 0 Å². The Bertz CT molecular complexity index is 709. The van der Waals surface area contributed by atoms with E-state index in [-0.39, 0.29) is 32.1 Å². The molecule has 0 saturated carbocycles. The lowest BCUT2D eigenvalue weighted by molar-refractivity contribution is -0.147. The number of amides is 1. The van der Waals surface area contributed by atoms with Gasteiger partial charge in [0, 0.05) is 19.4 Å². The predicted octanol–water partition coefficient (Wildman–Crippen LogP) is 8.93. The van der Waals surface area contributed by atoms with Crippen LogP contribution < -0.4 is 5.32 Å². The fraction of sp³-hybridized carbons (Fsp3) is 0.941. The van der Waals surface area contributed by atoms with Crippen molar-refractivity contribution >= 4 is 19.7 Å². The molecular formula is C34H68NO8P. The van der Waals surface area contributed by atoms with Crippen LogP contribution in [0.1, 0.15) is 174 Å². The van der Waals surface area contributed by atoms with E-state index in [0.29, 0.717) is 12.8 Å². The van der Waals surface area contributed by atoms with E-state index in [1.807, 2.05) is 6.92 Å². The molecule has 0 aromatic rings. The molecule has 0 rings (SSSR count). The normalized spacial score (nSPS) is 13.5. The number of esters is 1. The highest BCUT2D eigenvalue weighted by molar-refractivity contribution is 7.47. The smallest absolute Gasteiger partial charge is 0.463 e. The van der Waals surface area contributed by atoms with E-state index < -0.39 is 26.5 Å². The highest BCUT2D eigenvalue weighted by atomic mass is 31.2. The zero-order valence-electron chi connectivity index (χ0n) is 28.4. The van der Waals surface area contributed by atoms with Crippen molar-refractivity contribution in [2.75, 3.05) is 26.4 Å². The number of hydrogen-bond donors (Lipinski definition) is 3. The van der Waals surface area contributed by atoms with Crippen molar-refractivity contribution in [3.63, 3.8) is 0 Å². The van der Waals surface area contributed by atoms with E-state index in [0.717, 1.165) is 19.3 Å². The fourth-order valence-electron chi connectivity index (χ4n) is 5.07. The van der Waals surface area contributed by atoms with Crippen molar-refractivity contribution in [2.24, 2.45) is 0 Å². The molecule has 2 atom stereocenters. The van der Waals surface area contributed by atoms with Gasteiger partial charge in [-0.15, -0.1) is 0 Å². The molecule has 0 saturated heterocycles. The number of aliphatic hydroxyl groups excluding tert-OH is 1. The SMILES string of the molecule is CCCCCCCCCCCCCCCCCCCCCCCCC(=O)NCCOP(=O)(O)OCC(O)COC(=O)CCC. The van der Waals surface area contributed by atoms with E-state index in [1.165, 1.54) is 122 Å². The first kappa shape index (κ1) is 43.0. The van der Waals surface area contributed by atoms with Gasteiger partial charge >= 0.3 is 13.8 Å². The zero-order chi connectivity index (χ0) is 32.6. The summed E-state index contributed by atoms with van der Waals surface area (Å²) in [7, 11) is -4.38. The van der Waals surface area contributed by atoms with Gasteiger partial charge in [-0.3, -0.25) is 18.6 Å². The zero-order valence-corrected chi connectivity index (χ0v) is 29.3. The lowest BCUT2D eigenvalue weighted by Crippen LogP contribution is -2.27. The van der Waals surface area contributed by atoms with Crippen LogP contribution >= 0.6 is 7.82 Å². The van der Waals surface area contributed by atoms with Gasteiger partial charge < -0.3 is 20.1 Å². The summed E-state index contributed by atoms with van der Waals surface area (Å²) in [5.74, 6) is -0.564. The van der Waals surface area contributed by atoms with E-state index in [4.69, 9.17) is 13.8 Å². The van der Waals surface area contributed by atoms with Crippen LogP contribution in [0.25, 0.3) is 0 Å². The number of carbonyl (C=O) groups is 2. The van der Waals surface area contributed by atoms with Crippen molar-refractivity contribution < 1.29 is 37.9 Å². The number of ether oxygens (including phenoxy) is 1. The highest BCUT2D eigenvalue weighted by Crippen LogP contribution is 2.42. The molecular weight excluding hydrogens is 581 g/mol. The summed E-state index contributed by atoms with van der Waals surface area (Å²) in [6.45, 7) is 3.16. The molecule has 0 spiro atoms. The predicted molar refractivity (Wildman–Crippen MR) is 178 cm³/mol. The van der Waals surface area contributed by atoms with Gasteiger partial charge in [-0.25, -0.2) is 4.57 Å². The number of nitrogens with one attached hydrogen (secondary N) is 1. The molecule has 0 aliphatic heterocycles. The first-order valence-electron chi connectivity index (χ1n) is 18.0. The molecule has 2 unspecified atom stereocenters. The summed E-state index contributed by atoms with van der Waals surface area (Å²) in [6, 6.07) is 0. The highest BCUT2D eigenvalue weighted by Gasteiger charge is 2.23. The van der Waals surface area contributed by atoms with Gasteiger partial charge in [-0.2, -0.15) is 0 Å². The van der Waals surface area contributed by atoms with Crippen molar-refractivity contribution in [3.8, 4) is 0 Å². The molecule has 0 aromatic carbocycles. The second kappa shape index (κ2) is 32.0. The van der Waals surface area contributed by atoms with Gasteiger partial charge in [0.25, 0.3) is 0 Å². The number of rotatable bonds is 34. The third-order valence-corrected chi connectivity index (χ3v) is 8.74. The largest absolute Gasteiger partial charge is 0.472 e. The number of aliphatic hydroxyl groups is 1. The number of phosphoric ester groups is 1. The van der Waals surface area contributed by atoms with Crippen LogP contribution in [-0.2, 0) is 27.9 Å². The van der Waals surface area contributed by atoms with Crippen molar-refractivity contribution in [3.05, 3.63) is 0 Å². The number of phosphoric acid groups is 1. The standard InChI is InChI=1S/C34H68NO8P/c1-3-5-6-7-8-9-10-11-12-13-14-15-16-17-18-19-20-21-22-23-24-25-27-33(37)35-28-29-42-44(39,40)43-31-32(36)30-41-34(38)26-4-2/h32,36H,3-31H2,1-2H3,(H,35,37)(H,39,40). The van der Waals surface area contributed by atoms with E-state index in [1.54, 1.807) is 0 Å². The maximum absolute atomic E-state index is 12.0. The lowest BCUT2D eigenvalue weighted by atomic mass is 10.0. The summed E-state index contributed by atoms with van der Waals surface area (Å²) in [5, 5.41) is 12.4. The summed E-state index contributed by atoms with van der Waals surface area (Å²) in [4.78, 5) is 32.9. The molecule has 0 heterocycles. The van der Waals surface area contributed by atoms with Crippen molar-refractivity contribution in [1.29, 1.82) is 0 Å². The topological polar surface area (TPSA) is 131 Å². The Morgan fingerprint density at radius 1 is 0.614 bits per heavy atom. The second-order valence-electron chi connectivity index (χ2n) is 12.2. The molecule has 10 heteroatoms. The van der Waals surface area contributed by atoms with Crippen LogP contribution in [0.5, 0.6) is 0 Å². The van der Waals surface area contributed by atoms with Crippen LogP contribution in [0, 0.1) is 0 Å². The van der Waals surface area contributed by atoms with Gasteiger partial charge in [0.2, 0.25) is 5.91 Å². The summed E-state index contributed by atoms with van der Waals surface area (Å²) in [5.41, 5.74) is 0. The average molecular weight is 650 g/mol. The van der Waals surface area contributed by atoms with E-state index >= 15 is 0 Å². The number of hydrogen-bond acceptors (Lipinski definition) is 7. The Labute approximate surface area is 269 Å². The Kier molecular flexibility index (Phi) is 31.3. The third kappa shape index (κ3) is 32.4. The number of carbonyl (C=O) groups excluding carboxylic acids is 2. The molecule has 0 fully saturated rings. The molecule has 0 aliphatic rings. The lowest BCUT2D eigenvalue weighted by Gasteiger charge is -2.15. The molecule has 0 aliphatic carbocycles. The minimum Gasteiger partial charge on any atom is -0.463 e. The molecule has 44 heavy (non-hydrogen) atoms.